The van der Waals surface area contributed by atoms with E-state index in [0.29, 0.717) is 0 Å². The van der Waals surface area contributed by atoms with Gasteiger partial charge in [0.25, 0.3) is 0 Å². The number of hydrogen-bond donors (Lipinski definition) is 1. The number of rotatable bonds is 5. The molecule has 1 aromatic rings. The molecule has 3 nitrogen and oxygen atoms in total. The monoisotopic (exact) mass is 193 g/mol. The molecule has 0 amide bonds. The summed E-state index contributed by atoms with van der Waals surface area (Å²) in [5.41, 5.74) is 0. The third kappa shape index (κ3) is 2.15. The lowest BCUT2D eigenvalue weighted by molar-refractivity contribution is 0.561. The summed E-state index contributed by atoms with van der Waals surface area (Å²) in [4.78, 5) is 4.20. The minimum atomic E-state index is 0.795. The van der Waals surface area contributed by atoms with Crippen molar-refractivity contribution in [3.8, 4) is 0 Å². The number of nitrogens with one attached hydrogen (secondary N) is 1. The lowest BCUT2D eigenvalue weighted by Gasteiger charge is -2.06. The lowest BCUT2D eigenvalue weighted by atomic mass is 10.3. The molecule has 1 aliphatic rings. The standard InChI is InChI=1S/C11H19N3/c1-3-10-8-11(10)13-5-7-14-6-4-12-9(14)2/h4,6,10-11,13H,3,5,7-8H2,1-2H3. The molecule has 0 aromatic carbocycles. The van der Waals surface area contributed by atoms with Crippen molar-refractivity contribution in [2.24, 2.45) is 5.92 Å². The molecule has 0 radical (unpaired) electrons. The average molecular weight is 193 g/mol. The van der Waals surface area contributed by atoms with Crippen LogP contribution in [0.2, 0.25) is 0 Å². The molecule has 2 rings (SSSR count). The van der Waals surface area contributed by atoms with Crippen molar-refractivity contribution in [1.29, 1.82) is 0 Å². The van der Waals surface area contributed by atoms with E-state index in [4.69, 9.17) is 0 Å². The van der Waals surface area contributed by atoms with Crippen LogP contribution in [0.3, 0.4) is 0 Å². The summed E-state index contributed by atoms with van der Waals surface area (Å²) in [7, 11) is 0. The molecule has 1 N–H and O–H groups in total. The quantitative estimate of drug-likeness (QED) is 0.769. The van der Waals surface area contributed by atoms with E-state index < -0.39 is 0 Å². The Kier molecular flexibility index (Phi) is 2.87. The Labute approximate surface area is 85.5 Å². The molecule has 0 bridgehead atoms. The molecule has 14 heavy (non-hydrogen) atoms. The van der Waals surface area contributed by atoms with E-state index in [0.717, 1.165) is 30.9 Å². The van der Waals surface area contributed by atoms with Gasteiger partial charge in [-0.15, -0.1) is 0 Å². The number of aryl methyl sites for hydroxylation is 1. The Hall–Kier alpha value is -0.830. The first-order valence-electron chi connectivity index (χ1n) is 5.52. The van der Waals surface area contributed by atoms with Crippen LogP contribution in [-0.2, 0) is 6.54 Å². The van der Waals surface area contributed by atoms with Gasteiger partial charge in [0.1, 0.15) is 5.82 Å². The zero-order valence-corrected chi connectivity index (χ0v) is 9.03. The van der Waals surface area contributed by atoms with E-state index in [2.05, 4.69) is 21.8 Å². The summed E-state index contributed by atoms with van der Waals surface area (Å²) in [5.74, 6) is 2.05. The molecule has 1 aliphatic carbocycles. The van der Waals surface area contributed by atoms with Gasteiger partial charge in [-0.1, -0.05) is 13.3 Å². The molecule has 0 saturated heterocycles. The second kappa shape index (κ2) is 4.13. The third-order valence-corrected chi connectivity index (χ3v) is 3.13. The molecule has 2 atom stereocenters. The molecule has 1 aromatic heterocycles. The van der Waals surface area contributed by atoms with Crippen LogP contribution in [0.25, 0.3) is 0 Å². The Bertz CT molecular complexity index is 292. The van der Waals surface area contributed by atoms with E-state index in [1.807, 2.05) is 19.3 Å². The predicted molar refractivity (Wildman–Crippen MR) is 57.2 cm³/mol. The first kappa shape index (κ1) is 9.71. The van der Waals surface area contributed by atoms with Gasteiger partial charge in [0, 0.05) is 31.5 Å². The van der Waals surface area contributed by atoms with Gasteiger partial charge in [0.15, 0.2) is 0 Å². The summed E-state index contributed by atoms with van der Waals surface area (Å²) >= 11 is 0. The van der Waals surface area contributed by atoms with Crippen LogP contribution in [-0.4, -0.2) is 22.1 Å². The molecule has 1 saturated carbocycles. The van der Waals surface area contributed by atoms with Crippen molar-refractivity contribution in [3.63, 3.8) is 0 Å². The SMILES string of the molecule is CCC1CC1NCCn1ccnc1C. The van der Waals surface area contributed by atoms with Crippen molar-refractivity contribution in [1.82, 2.24) is 14.9 Å². The van der Waals surface area contributed by atoms with Crippen LogP contribution >= 0.6 is 0 Å². The van der Waals surface area contributed by atoms with E-state index in [9.17, 15) is 0 Å². The maximum atomic E-state index is 4.20. The molecule has 0 spiro atoms. The van der Waals surface area contributed by atoms with E-state index in [-0.39, 0.29) is 0 Å². The Balaban J connectivity index is 1.67. The molecule has 1 heterocycles. The van der Waals surface area contributed by atoms with Gasteiger partial charge < -0.3 is 9.88 Å². The van der Waals surface area contributed by atoms with E-state index >= 15 is 0 Å². The van der Waals surface area contributed by atoms with Gasteiger partial charge in [-0.3, -0.25) is 0 Å². The average Bonchev–Trinajstić information content (AvgIpc) is 2.83. The third-order valence-electron chi connectivity index (χ3n) is 3.13. The van der Waals surface area contributed by atoms with Crippen molar-refractivity contribution in [3.05, 3.63) is 18.2 Å². The zero-order valence-electron chi connectivity index (χ0n) is 9.03. The number of nitrogens with zero attached hydrogens (tertiary/aromatic N) is 2. The fourth-order valence-corrected chi connectivity index (χ4v) is 1.96. The molecular formula is C11H19N3. The summed E-state index contributed by atoms with van der Waals surface area (Å²) in [6.07, 6.45) is 6.60. The van der Waals surface area contributed by atoms with Crippen LogP contribution in [0, 0.1) is 12.8 Å². The molecule has 1 fully saturated rings. The highest BCUT2D eigenvalue weighted by Crippen LogP contribution is 2.32. The first-order valence-corrected chi connectivity index (χ1v) is 5.52. The van der Waals surface area contributed by atoms with Crippen molar-refractivity contribution in [2.75, 3.05) is 6.54 Å². The summed E-state index contributed by atoms with van der Waals surface area (Å²) in [6, 6.07) is 0.795. The van der Waals surface area contributed by atoms with Gasteiger partial charge >= 0.3 is 0 Å². The van der Waals surface area contributed by atoms with Gasteiger partial charge in [-0.2, -0.15) is 0 Å². The Morgan fingerprint density at radius 3 is 3.07 bits per heavy atom. The van der Waals surface area contributed by atoms with Crippen LogP contribution in [0.1, 0.15) is 25.6 Å². The van der Waals surface area contributed by atoms with E-state index in [1.165, 1.54) is 12.8 Å². The summed E-state index contributed by atoms with van der Waals surface area (Å²) in [5, 5.41) is 3.57. The van der Waals surface area contributed by atoms with Crippen LogP contribution < -0.4 is 5.32 Å². The first-order chi connectivity index (χ1) is 6.81. The van der Waals surface area contributed by atoms with Crippen molar-refractivity contribution >= 4 is 0 Å². The minimum absolute atomic E-state index is 0.795. The van der Waals surface area contributed by atoms with Crippen LogP contribution in [0.15, 0.2) is 12.4 Å². The number of aromatic nitrogens is 2. The summed E-state index contributed by atoms with van der Waals surface area (Å²) < 4.78 is 2.19. The largest absolute Gasteiger partial charge is 0.334 e. The zero-order chi connectivity index (χ0) is 9.97. The Morgan fingerprint density at radius 2 is 2.50 bits per heavy atom. The lowest BCUT2D eigenvalue weighted by Crippen LogP contribution is -2.23. The molecule has 3 heteroatoms. The topological polar surface area (TPSA) is 29.9 Å². The van der Waals surface area contributed by atoms with Gasteiger partial charge in [0.05, 0.1) is 0 Å². The van der Waals surface area contributed by atoms with Crippen LogP contribution in [0.5, 0.6) is 0 Å². The van der Waals surface area contributed by atoms with Gasteiger partial charge in [0.2, 0.25) is 0 Å². The normalized spacial score (nSPS) is 25.3. The highest BCUT2D eigenvalue weighted by Gasteiger charge is 2.34. The fraction of sp³-hybridized carbons (Fsp3) is 0.727. The minimum Gasteiger partial charge on any atom is -0.334 e. The maximum Gasteiger partial charge on any atom is 0.105 e. The Morgan fingerprint density at radius 1 is 1.64 bits per heavy atom. The number of hydrogen-bond acceptors (Lipinski definition) is 2. The molecule has 0 aliphatic heterocycles. The molecule has 78 valence electrons. The van der Waals surface area contributed by atoms with Crippen molar-refractivity contribution < 1.29 is 0 Å². The fourth-order valence-electron chi connectivity index (χ4n) is 1.96. The maximum absolute atomic E-state index is 4.20. The van der Waals surface area contributed by atoms with Gasteiger partial charge in [-0.25, -0.2) is 4.98 Å². The highest BCUT2D eigenvalue weighted by molar-refractivity contribution is 4.93. The number of imidazole rings is 1. The van der Waals surface area contributed by atoms with Crippen LogP contribution in [0.4, 0.5) is 0 Å². The second-order valence-corrected chi connectivity index (χ2v) is 4.13. The van der Waals surface area contributed by atoms with Crippen molar-refractivity contribution in [2.45, 2.75) is 39.3 Å². The van der Waals surface area contributed by atoms with Gasteiger partial charge in [-0.05, 0) is 19.3 Å². The predicted octanol–water partition coefficient (Wildman–Crippen LogP) is 1.58. The summed E-state index contributed by atoms with van der Waals surface area (Å²) in [6.45, 7) is 6.43. The molecular weight excluding hydrogens is 174 g/mol. The highest BCUT2D eigenvalue weighted by atomic mass is 15.1. The van der Waals surface area contributed by atoms with E-state index in [1.54, 1.807) is 0 Å². The second-order valence-electron chi connectivity index (χ2n) is 4.13. The smallest absolute Gasteiger partial charge is 0.105 e. The molecule has 2 unspecified atom stereocenters.